The third-order valence-corrected chi connectivity index (χ3v) is 5.74. The number of hydrogen-bond acceptors (Lipinski definition) is 5. The Morgan fingerprint density at radius 3 is 2.22 bits per heavy atom. The maximum absolute atomic E-state index is 12.6. The average molecular weight is 434 g/mol. The maximum atomic E-state index is 12.6. The molecule has 0 bridgehead atoms. The molecule has 0 saturated carbocycles. The van der Waals surface area contributed by atoms with E-state index in [2.05, 4.69) is 29.4 Å². The van der Waals surface area contributed by atoms with Crippen molar-refractivity contribution in [2.45, 2.75) is 45.2 Å². The third-order valence-electron chi connectivity index (χ3n) is 5.74. The molecule has 1 aliphatic rings. The third kappa shape index (κ3) is 4.96. The van der Waals surface area contributed by atoms with E-state index in [0.29, 0.717) is 17.0 Å². The Labute approximate surface area is 187 Å². The molecule has 2 amide bonds. The van der Waals surface area contributed by atoms with E-state index >= 15 is 0 Å². The van der Waals surface area contributed by atoms with Gasteiger partial charge >= 0.3 is 0 Å². The number of ether oxygens (including phenoxy) is 1. The molecule has 1 N–H and O–H groups in total. The molecule has 1 aliphatic heterocycles. The van der Waals surface area contributed by atoms with Crippen LogP contribution in [-0.4, -0.2) is 50.4 Å². The van der Waals surface area contributed by atoms with Crippen LogP contribution in [0.25, 0.3) is 5.69 Å². The molecule has 1 saturated heterocycles. The van der Waals surface area contributed by atoms with E-state index in [1.54, 1.807) is 48.8 Å². The highest BCUT2D eigenvalue weighted by Gasteiger charge is 2.28. The van der Waals surface area contributed by atoms with Crippen molar-refractivity contribution in [2.75, 3.05) is 11.9 Å². The zero-order valence-electron chi connectivity index (χ0n) is 18.3. The summed E-state index contributed by atoms with van der Waals surface area (Å²) >= 11 is 0. The van der Waals surface area contributed by atoms with Gasteiger partial charge in [0.25, 0.3) is 11.8 Å². The second-order valence-corrected chi connectivity index (χ2v) is 8.06. The van der Waals surface area contributed by atoms with Crippen molar-refractivity contribution in [3.63, 3.8) is 0 Å². The van der Waals surface area contributed by atoms with Gasteiger partial charge in [0.15, 0.2) is 6.61 Å². The van der Waals surface area contributed by atoms with Crippen LogP contribution in [0.2, 0.25) is 0 Å². The number of rotatable bonds is 6. The number of nitrogens with one attached hydrogen (secondary N) is 1. The number of amides is 2. The standard InChI is InChI=1S/C24H27N5O3/c1-17-4-3-5-18(2)28(17)23(30)16-32-22-12-6-19(7-13-22)24(31)27-20-8-10-21(11-9-20)29-25-14-15-26-29/h6-15,17-18H,3-5,16H2,1-2H3,(H,27,31). The molecule has 1 aromatic heterocycles. The number of likely N-dealkylation sites (tertiary alicyclic amines) is 1. The van der Waals surface area contributed by atoms with Crippen molar-refractivity contribution in [3.8, 4) is 11.4 Å². The van der Waals surface area contributed by atoms with Gasteiger partial charge in [0.05, 0.1) is 18.1 Å². The Morgan fingerprint density at radius 2 is 1.59 bits per heavy atom. The van der Waals surface area contributed by atoms with Gasteiger partial charge in [-0.05, 0) is 81.6 Å². The predicted octanol–water partition coefficient (Wildman–Crippen LogP) is 3.69. The summed E-state index contributed by atoms with van der Waals surface area (Å²) in [6.45, 7) is 4.17. The summed E-state index contributed by atoms with van der Waals surface area (Å²) in [5.41, 5.74) is 1.97. The molecule has 4 rings (SSSR count). The number of benzene rings is 2. The minimum Gasteiger partial charge on any atom is -0.484 e. The van der Waals surface area contributed by atoms with Gasteiger partial charge < -0.3 is 15.0 Å². The van der Waals surface area contributed by atoms with Gasteiger partial charge in [-0.3, -0.25) is 9.59 Å². The van der Waals surface area contributed by atoms with Crippen LogP contribution in [0, 0.1) is 0 Å². The normalized spacial score (nSPS) is 18.2. The van der Waals surface area contributed by atoms with E-state index in [4.69, 9.17) is 4.74 Å². The van der Waals surface area contributed by atoms with Crippen LogP contribution in [-0.2, 0) is 4.79 Å². The topological polar surface area (TPSA) is 89.4 Å². The minimum absolute atomic E-state index is 0.000258. The van der Waals surface area contributed by atoms with Crippen LogP contribution in [0.5, 0.6) is 5.75 Å². The molecule has 2 unspecified atom stereocenters. The van der Waals surface area contributed by atoms with Gasteiger partial charge in [-0.15, -0.1) is 0 Å². The SMILES string of the molecule is CC1CCCC(C)N1C(=O)COc1ccc(C(=O)Nc2ccc(-n3nccn3)cc2)cc1. The number of carbonyl (C=O) groups excluding carboxylic acids is 2. The van der Waals surface area contributed by atoms with Crippen molar-refractivity contribution in [3.05, 3.63) is 66.5 Å². The number of piperidine rings is 1. The van der Waals surface area contributed by atoms with Crippen LogP contribution in [0.15, 0.2) is 60.9 Å². The number of aromatic nitrogens is 3. The van der Waals surface area contributed by atoms with Crippen molar-refractivity contribution >= 4 is 17.5 Å². The van der Waals surface area contributed by atoms with E-state index in [-0.39, 0.29) is 30.5 Å². The van der Waals surface area contributed by atoms with Crippen LogP contribution in [0.4, 0.5) is 5.69 Å². The summed E-state index contributed by atoms with van der Waals surface area (Å²) in [6, 6.07) is 14.5. The molecule has 0 radical (unpaired) electrons. The van der Waals surface area contributed by atoms with Crippen LogP contribution in [0.3, 0.4) is 0 Å². The number of nitrogens with zero attached hydrogens (tertiary/aromatic N) is 4. The Bertz CT molecular complexity index is 1040. The van der Waals surface area contributed by atoms with E-state index in [9.17, 15) is 9.59 Å². The summed E-state index contributed by atoms with van der Waals surface area (Å²) in [5.74, 6) is 0.331. The molecule has 1 fully saturated rings. The largest absolute Gasteiger partial charge is 0.484 e. The molecule has 0 spiro atoms. The minimum atomic E-state index is -0.228. The fraction of sp³-hybridized carbons (Fsp3) is 0.333. The van der Waals surface area contributed by atoms with Gasteiger partial charge in [-0.25, -0.2) is 0 Å². The molecule has 166 valence electrons. The van der Waals surface area contributed by atoms with E-state index in [1.165, 1.54) is 4.80 Å². The molecule has 0 aliphatic carbocycles. The lowest BCUT2D eigenvalue weighted by atomic mass is 9.97. The van der Waals surface area contributed by atoms with Gasteiger partial charge in [0.2, 0.25) is 0 Å². The van der Waals surface area contributed by atoms with Gasteiger partial charge in [0, 0.05) is 23.3 Å². The fourth-order valence-electron chi connectivity index (χ4n) is 4.07. The molecular formula is C24H27N5O3. The molecule has 8 heteroatoms. The Hall–Kier alpha value is -3.68. The molecule has 2 atom stereocenters. The van der Waals surface area contributed by atoms with Crippen molar-refractivity contribution in [1.29, 1.82) is 0 Å². The summed E-state index contributed by atoms with van der Waals surface area (Å²) in [7, 11) is 0. The second-order valence-electron chi connectivity index (χ2n) is 8.06. The first-order chi connectivity index (χ1) is 15.5. The lowest BCUT2D eigenvalue weighted by molar-refractivity contribution is -0.139. The van der Waals surface area contributed by atoms with E-state index in [1.807, 2.05) is 17.0 Å². The first-order valence-electron chi connectivity index (χ1n) is 10.8. The maximum Gasteiger partial charge on any atom is 0.260 e. The Balaban J connectivity index is 1.31. The zero-order chi connectivity index (χ0) is 22.5. The van der Waals surface area contributed by atoms with Crippen LogP contribution < -0.4 is 10.1 Å². The second kappa shape index (κ2) is 9.64. The van der Waals surface area contributed by atoms with Gasteiger partial charge in [0.1, 0.15) is 5.75 Å². The van der Waals surface area contributed by atoms with E-state index in [0.717, 1.165) is 24.9 Å². The Kier molecular flexibility index (Phi) is 6.49. The number of hydrogen-bond donors (Lipinski definition) is 1. The number of carbonyl (C=O) groups is 2. The highest BCUT2D eigenvalue weighted by Crippen LogP contribution is 2.23. The van der Waals surface area contributed by atoms with Crippen LogP contribution in [0.1, 0.15) is 43.5 Å². The fourth-order valence-corrected chi connectivity index (χ4v) is 4.07. The smallest absolute Gasteiger partial charge is 0.260 e. The highest BCUT2D eigenvalue weighted by molar-refractivity contribution is 6.04. The molecule has 2 heterocycles. The van der Waals surface area contributed by atoms with Crippen molar-refractivity contribution < 1.29 is 14.3 Å². The highest BCUT2D eigenvalue weighted by atomic mass is 16.5. The average Bonchev–Trinajstić information content (AvgIpc) is 3.33. The summed E-state index contributed by atoms with van der Waals surface area (Å²) in [5, 5.41) is 11.0. The lowest BCUT2D eigenvalue weighted by Gasteiger charge is -2.38. The van der Waals surface area contributed by atoms with Gasteiger partial charge in [-0.1, -0.05) is 0 Å². The molecular weight excluding hydrogens is 406 g/mol. The quantitative estimate of drug-likeness (QED) is 0.640. The first kappa shape index (κ1) is 21.5. The number of anilines is 1. The summed E-state index contributed by atoms with van der Waals surface area (Å²) < 4.78 is 5.68. The summed E-state index contributed by atoms with van der Waals surface area (Å²) in [6.07, 6.45) is 6.43. The molecule has 8 nitrogen and oxygen atoms in total. The van der Waals surface area contributed by atoms with Crippen molar-refractivity contribution in [2.24, 2.45) is 0 Å². The van der Waals surface area contributed by atoms with Crippen molar-refractivity contribution in [1.82, 2.24) is 19.9 Å². The zero-order valence-corrected chi connectivity index (χ0v) is 18.3. The monoisotopic (exact) mass is 433 g/mol. The molecule has 32 heavy (non-hydrogen) atoms. The Morgan fingerprint density at radius 1 is 0.969 bits per heavy atom. The van der Waals surface area contributed by atoms with Gasteiger partial charge in [-0.2, -0.15) is 15.0 Å². The van der Waals surface area contributed by atoms with Crippen LogP contribution >= 0.6 is 0 Å². The first-order valence-corrected chi connectivity index (χ1v) is 10.8. The predicted molar refractivity (Wildman–Crippen MR) is 121 cm³/mol. The molecule has 2 aromatic carbocycles. The lowest BCUT2D eigenvalue weighted by Crippen LogP contribution is -2.49. The molecule has 3 aromatic rings. The summed E-state index contributed by atoms with van der Waals surface area (Å²) in [4.78, 5) is 28.6. The van der Waals surface area contributed by atoms with E-state index < -0.39 is 0 Å².